The first-order valence-corrected chi connectivity index (χ1v) is 5.88. The Bertz CT molecular complexity index is 511. The standard InChI is InChI=1S/C9H11BrN2O5/c10-8(15)7-4(13)3-6(17-7)12-2-1-5(14)11-9(12)16/h1-2,4,6-8,13,15H,3H2,(H,11,14,16)/t4-,6+,7-,8-/m0/s1. The Balaban J connectivity index is 2.26. The molecule has 1 aromatic heterocycles. The molecule has 1 fully saturated rings. The Morgan fingerprint density at radius 2 is 2.29 bits per heavy atom. The minimum Gasteiger partial charge on any atom is -0.390 e. The third-order valence-corrected chi connectivity index (χ3v) is 3.09. The van der Waals surface area contributed by atoms with Gasteiger partial charge in [0.2, 0.25) is 0 Å². The number of H-pyrrole nitrogens is 1. The van der Waals surface area contributed by atoms with E-state index in [2.05, 4.69) is 20.9 Å². The number of hydrogen-bond acceptors (Lipinski definition) is 5. The maximum Gasteiger partial charge on any atom is 0.330 e. The van der Waals surface area contributed by atoms with Crippen molar-refractivity contribution in [1.82, 2.24) is 9.55 Å². The summed E-state index contributed by atoms with van der Waals surface area (Å²) in [6.07, 6.45) is -0.931. The molecule has 2 rings (SSSR count). The smallest absolute Gasteiger partial charge is 0.330 e. The monoisotopic (exact) mass is 306 g/mol. The molecule has 0 aliphatic carbocycles. The predicted molar refractivity (Wildman–Crippen MR) is 60.8 cm³/mol. The highest BCUT2D eigenvalue weighted by Crippen LogP contribution is 2.30. The molecular weight excluding hydrogens is 296 g/mol. The second-order valence-corrected chi connectivity index (χ2v) is 4.69. The van der Waals surface area contributed by atoms with Crippen molar-refractivity contribution in [3.05, 3.63) is 33.1 Å². The topological polar surface area (TPSA) is 105 Å². The molecule has 4 atom stereocenters. The lowest BCUT2D eigenvalue weighted by molar-refractivity contribution is -0.0544. The van der Waals surface area contributed by atoms with Crippen molar-refractivity contribution in [2.24, 2.45) is 0 Å². The van der Waals surface area contributed by atoms with Crippen LogP contribution in [0, 0.1) is 0 Å². The maximum atomic E-state index is 11.5. The number of alkyl halides is 1. The van der Waals surface area contributed by atoms with Gasteiger partial charge in [-0.1, -0.05) is 15.9 Å². The molecule has 0 spiro atoms. The number of aromatic amines is 1. The summed E-state index contributed by atoms with van der Waals surface area (Å²) in [5.41, 5.74) is -1.11. The first-order chi connectivity index (χ1) is 7.99. The van der Waals surface area contributed by atoms with Gasteiger partial charge < -0.3 is 14.9 Å². The average Bonchev–Trinajstić information content (AvgIpc) is 2.60. The number of aromatic nitrogens is 2. The minimum atomic E-state index is -1.01. The van der Waals surface area contributed by atoms with E-state index in [4.69, 9.17) is 4.74 Å². The Kier molecular flexibility index (Phi) is 3.48. The second-order valence-electron chi connectivity index (χ2n) is 3.75. The van der Waals surface area contributed by atoms with E-state index in [0.29, 0.717) is 0 Å². The Hall–Kier alpha value is -0.960. The first-order valence-electron chi connectivity index (χ1n) is 4.96. The number of halogens is 1. The highest BCUT2D eigenvalue weighted by Gasteiger charge is 2.38. The molecule has 3 N–H and O–H groups in total. The van der Waals surface area contributed by atoms with Crippen LogP contribution >= 0.6 is 15.9 Å². The van der Waals surface area contributed by atoms with E-state index in [0.717, 1.165) is 0 Å². The normalized spacial score (nSPS) is 30.4. The fourth-order valence-corrected chi connectivity index (χ4v) is 2.23. The summed E-state index contributed by atoms with van der Waals surface area (Å²) in [6, 6.07) is 1.19. The molecule has 7 nitrogen and oxygen atoms in total. The summed E-state index contributed by atoms with van der Waals surface area (Å²) >= 11 is 2.90. The van der Waals surface area contributed by atoms with Gasteiger partial charge in [-0.05, 0) is 0 Å². The van der Waals surface area contributed by atoms with Crippen molar-refractivity contribution in [3.8, 4) is 0 Å². The molecule has 17 heavy (non-hydrogen) atoms. The van der Waals surface area contributed by atoms with E-state index in [9.17, 15) is 19.8 Å². The van der Waals surface area contributed by atoms with Crippen molar-refractivity contribution in [1.29, 1.82) is 0 Å². The van der Waals surface area contributed by atoms with Gasteiger partial charge in [0, 0.05) is 18.7 Å². The molecule has 8 heteroatoms. The van der Waals surface area contributed by atoms with Crippen LogP contribution in [0.15, 0.2) is 21.9 Å². The molecule has 0 radical (unpaired) electrons. The van der Waals surface area contributed by atoms with E-state index in [-0.39, 0.29) is 6.42 Å². The van der Waals surface area contributed by atoms with Crippen molar-refractivity contribution < 1.29 is 14.9 Å². The number of rotatable bonds is 2. The summed E-state index contributed by atoms with van der Waals surface area (Å²) in [5, 5.41) is 17.9. The van der Waals surface area contributed by atoms with Crippen LogP contribution in [-0.2, 0) is 4.74 Å². The summed E-state index contributed by atoms with van der Waals surface area (Å²) < 4.78 is 6.50. The van der Waals surface area contributed by atoms with Gasteiger partial charge in [0.1, 0.15) is 17.3 Å². The minimum absolute atomic E-state index is 0.166. The molecule has 94 valence electrons. The molecule has 0 unspecified atom stereocenters. The van der Waals surface area contributed by atoms with Crippen LogP contribution in [0.25, 0.3) is 0 Å². The molecule has 2 heterocycles. The predicted octanol–water partition coefficient (Wildman–Crippen LogP) is -1.10. The Morgan fingerprint density at radius 3 is 2.82 bits per heavy atom. The number of nitrogens with one attached hydrogen (secondary N) is 1. The van der Waals surface area contributed by atoms with Crippen LogP contribution < -0.4 is 11.2 Å². The fourth-order valence-electron chi connectivity index (χ4n) is 1.75. The van der Waals surface area contributed by atoms with Crippen LogP contribution in [-0.4, -0.2) is 37.0 Å². The lowest BCUT2D eigenvalue weighted by atomic mass is 10.2. The number of nitrogens with zero attached hydrogens (tertiary/aromatic N) is 1. The van der Waals surface area contributed by atoms with Crippen LogP contribution in [0.5, 0.6) is 0 Å². The van der Waals surface area contributed by atoms with Gasteiger partial charge in [0.05, 0.1) is 6.10 Å². The third kappa shape index (κ3) is 2.49. The van der Waals surface area contributed by atoms with Gasteiger partial charge in [0.25, 0.3) is 5.56 Å². The summed E-state index contributed by atoms with van der Waals surface area (Å²) in [4.78, 5) is 24.5. The molecule has 1 aliphatic rings. The van der Waals surface area contributed by atoms with Gasteiger partial charge in [-0.25, -0.2) is 4.79 Å². The lowest BCUT2D eigenvalue weighted by Crippen LogP contribution is -2.32. The zero-order valence-corrected chi connectivity index (χ0v) is 10.2. The average molecular weight is 307 g/mol. The summed E-state index contributed by atoms with van der Waals surface area (Å²) in [6.45, 7) is 0. The van der Waals surface area contributed by atoms with E-state index in [1.54, 1.807) is 0 Å². The van der Waals surface area contributed by atoms with Crippen LogP contribution in [0.1, 0.15) is 12.6 Å². The van der Waals surface area contributed by atoms with E-state index >= 15 is 0 Å². The maximum absolute atomic E-state index is 11.5. The zero-order valence-electron chi connectivity index (χ0n) is 8.62. The number of aliphatic hydroxyl groups excluding tert-OH is 2. The molecule has 0 aromatic carbocycles. The van der Waals surface area contributed by atoms with Crippen molar-refractivity contribution in [3.63, 3.8) is 0 Å². The van der Waals surface area contributed by atoms with Crippen molar-refractivity contribution in [2.45, 2.75) is 29.9 Å². The summed E-state index contributed by atoms with van der Waals surface area (Å²) in [5.74, 6) is 0. The van der Waals surface area contributed by atoms with Gasteiger partial charge in [0.15, 0.2) is 0 Å². The zero-order chi connectivity index (χ0) is 12.6. The largest absolute Gasteiger partial charge is 0.390 e. The first kappa shape index (κ1) is 12.5. The highest BCUT2D eigenvalue weighted by atomic mass is 79.9. The number of hydrogen-bond donors (Lipinski definition) is 3. The number of aliphatic hydroxyl groups is 2. The quantitative estimate of drug-likeness (QED) is 0.602. The molecule has 0 saturated carbocycles. The second kappa shape index (κ2) is 4.73. The lowest BCUT2D eigenvalue weighted by Gasteiger charge is -2.16. The molecule has 1 aromatic rings. The van der Waals surface area contributed by atoms with Gasteiger partial charge in [-0.3, -0.25) is 14.3 Å². The highest BCUT2D eigenvalue weighted by molar-refractivity contribution is 9.09. The Morgan fingerprint density at radius 1 is 1.59 bits per heavy atom. The van der Waals surface area contributed by atoms with Crippen LogP contribution in [0.2, 0.25) is 0 Å². The molecule has 0 bridgehead atoms. The van der Waals surface area contributed by atoms with Gasteiger partial charge >= 0.3 is 5.69 Å². The van der Waals surface area contributed by atoms with E-state index < -0.39 is 34.7 Å². The van der Waals surface area contributed by atoms with Gasteiger partial charge in [-0.2, -0.15) is 0 Å². The van der Waals surface area contributed by atoms with Crippen LogP contribution in [0.3, 0.4) is 0 Å². The van der Waals surface area contributed by atoms with Crippen molar-refractivity contribution in [2.75, 3.05) is 0 Å². The summed E-state index contributed by atoms with van der Waals surface area (Å²) in [7, 11) is 0. The SMILES string of the molecule is O=c1ccn([C@H]2C[C@H](O)[C@@H]([C@H](O)Br)O2)c(=O)[nH]1. The van der Waals surface area contributed by atoms with E-state index in [1.165, 1.54) is 16.8 Å². The molecular formula is C9H11BrN2O5. The third-order valence-electron chi connectivity index (χ3n) is 2.57. The number of ether oxygens (including phenoxy) is 1. The van der Waals surface area contributed by atoms with E-state index in [1.807, 2.05) is 0 Å². The van der Waals surface area contributed by atoms with Crippen molar-refractivity contribution >= 4 is 15.9 Å². The Labute approximate surface area is 104 Å². The van der Waals surface area contributed by atoms with Gasteiger partial charge in [-0.15, -0.1) is 0 Å². The fraction of sp³-hybridized carbons (Fsp3) is 0.556. The molecule has 1 saturated heterocycles. The van der Waals surface area contributed by atoms with Crippen LogP contribution in [0.4, 0.5) is 0 Å². The molecule has 0 amide bonds. The molecule has 1 aliphatic heterocycles.